The van der Waals surface area contributed by atoms with Crippen LogP contribution in [-0.2, 0) is 11.3 Å². The fourth-order valence-corrected chi connectivity index (χ4v) is 2.34. The largest absolute Gasteiger partial charge is 0.573 e. The average molecular weight is 376 g/mol. The van der Waals surface area contributed by atoms with E-state index in [0.29, 0.717) is 22.9 Å². The van der Waals surface area contributed by atoms with E-state index in [2.05, 4.69) is 15.2 Å². The number of carbonyl (C=O) groups excluding carboxylic acids is 1. The number of ether oxygens (including phenoxy) is 1. The number of aromatic nitrogens is 2. The number of amides is 1. The van der Waals surface area contributed by atoms with E-state index < -0.39 is 12.3 Å². The lowest BCUT2D eigenvalue weighted by molar-refractivity contribution is -0.274. The Balaban J connectivity index is 1.97. The molecule has 1 aromatic heterocycles. The topological polar surface area (TPSA) is 56.2 Å². The highest BCUT2D eigenvalue weighted by atomic mass is 35.5. The zero-order valence-electron chi connectivity index (χ0n) is 13.8. The van der Waals surface area contributed by atoms with Crippen LogP contribution in [0.15, 0.2) is 24.3 Å². The molecule has 0 aliphatic heterocycles. The van der Waals surface area contributed by atoms with E-state index in [4.69, 9.17) is 11.6 Å². The minimum absolute atomic E-state index is 0.284. The molecule has 1 atom stereocenters. The zero-order valence-corrected chi connectivity index (χ0v) is 14.6. The standard InChI is InChI=1S/C16H17ClF3N3O2/c1-9(8-23-11(3)14(17)10(2)22-23)15(24)21-12-4-6-13(7-5-12)25-16(18,19)20/h4-7,9H,8H2,1-3H3,(H,21,24). The molecule has 0 saturated carbocycles. The summed E-state index contributed by atoms with van der Waals surface area (Å²) >= 11 is 6.08. The van der Waals surface area contributed by atoms with E-state index in [-0.39, 0.29) is 11.7 Å². The normalized spacial score (nSPS) is 12.8. The number of halogens is 4. The SMILES string of the molecule is Cc1nn(CC(C)C(=O)Nc2ccc(OC(F)(F)F)cc2)c(C)c1Cl. The fraction of sp³-hybridized carbons (Fsp3) is 0.375. The molecule has 0 fully saturated rings. The van der Waals surface area contributed by atoms with Crippen LogP contribution in [0.5, 0.6) is 5.75 Å². The van der Waals surface area contributed by atoms with Crippen LogP contribution < -0.4 is 10.1 Å². The lowest BCUT2D eigenvalue weighted by atomic mass is 10.1. The number of alkyl halides is 3. The predicted molar refractivity (Wildman–Crippen MR) is 87.6 cm³/mol. The van der Waals surface area contributed by atoms with Crippen molar-refractivity contribution in [1.82, 2.24) is 9.78 Å². The van der Waals surface area contributed by atoms with Gasteiger partial charge < -0.3 is 10.1 Å². The molecule has 0 radical (unpaired) electrons. The van der Waals surface area contributed by atoms with Gasteiger partial charge >= 0.3 is 6.36 Å². The monoisotopic (exact) mass is 375 g/mol. The van der Waals surface area contributed by atoms with Crippen LogP contribution in [0.4, 0.5) is 18.9 Å². The molecular weight excluding hydrogens is 359 g/mol. The summed E-state index contributed by atoms with van der Waals surface area (Å²) < 4.78 is 41.8. The van der Waals surface area contributed by atoms with Crippen molar-refractivity contribution >= 4 is 23.2 Å². The summed E-state index contributed by atoms with van der Waals surface area (Å²) in [5, 5.41) is 7.47. The van der Waals surface area contributed by atoms with E-state index >= 15 is 0 Å². The molecule has 1 N–H and O–H groups in total. The van der Waals surface area contributed by atoms with Gasteiger partial charge in [-0.1, -0.05) is 18.5 Å². The van der Waals surface area contributed by atoms with Crippen LogP contribution in [0, 0.1) is 19.8 Å². The highest BCUT2D eigenvalue weighted by Crippen LogP contribution is 2.24. The summed E-state index contributed by atoms with van der Waals surface area (Å²) in [5.41, 5.74) is 1.83. The Morgan fingerprint density at radius 2 is 1.92 bits per heavy atom. The molecule has 0 aliphatic rings. The first-order chi connectivity index (χ1) is 11.6. The van der Waals surface area contributed by atoms with E-state index in [1.807, 2.05) is 6.92 Å². The van der Waals surface area contributed by atoms with Crippen molar-refractivity contribution in [3.63, 3.8) is 0 Å². The lowest BCUT2D eigenvalue weighted by Gasteiger charge is -2.14. The van der Waals surface area contributed by atoms with Gasteiger partial charge in [-0.3, -0.25) is 9.48 Å². The predicted octanol–water partition coefficient (Wildman–Crippen LogP) is 4.33. The van der Waals surface area contributed by atoms with Gasteiger partial charge in [0, 0.05) is 5.69 Å². The van der Waals surface area contributed by atoms with E-state index in [1.54, 1.807) is 18.5 Å². The molecule has 1 heterocycles. The first-order valence-electron chi connectivity index (χ1n) is 7.43. The third-order valence-electron chi connectivity index (χ3n) is 3.54. The van der Waals surface area contributed by atoms with Gasteiger partial charge in [-0.2, -0.15) is 5.10 Å². The Morgan fingerprint density at radius 3 is 2.40 bits per heavy atom. The van der Waals surface area contributed by atoms with Crippen molar-refractivity contribution in [1.29, 1.82) is 0 Å². The lowest BCUT2D eigenvalue weighted by Crippen LogP contribution is -2.25. The molecule has 1 amide bonds. The molecule has 0 bridgehead atoms. The van der Waals surface area contributed by atoms with Gasteiger partial charge in [0.05, 0.1) is 28.9 Å². The fourth-order valence-electron chi connectivity index (χ4n) is 2.20. The second-order valence-corrected chi connectivity index (χ2v) is 6.01. The van der Waals surface area contributed by atoms with Crippen LogP contribution in [-0.4, -0.2) is 22.1 Å². The van der Waals surface area contributed by atoms with Crippen molar-refractivity contribution in [2.24, 2.45) is 5.92 Å². The number of nitrogens with one attached hydrogen (secondary N) is 1. The number of hydrogen-bond acceptors (Lipinski definition) is 3. The van der Waals surface area contributed by atoms with Crippen LogP contribution >= 0.6 is 11.6 Å². The molecular formula is C16H17ClF3N3O2. The van der Waals surface area contributed by atoms with Crippen molar-refractivity contribution in [3.05, 3.63) is 40.7 Å². The van der Waals surface area contributed by atoms with Gasteiger partial charge in [0.1, 0.15) is 5.75 Å². The summed E-state index contributed by atoms with van der Waals surface area (Å²) in [6.07, 6.45) is -4.75. The highest BCUT2D eigenvalue weighted by Gasteiger charge is 2.31. The summed E-state index contributed by atoms with van der Waals surface area (Å²) in [6.45, 7) is 5.65. The van der Waals surface area contributed by atoms with Crippen molar-refractivity contribution < 1.29 is 22.7 Å². The number of anilines is 1. The number of aryl methyl sites for hydroxylation is 1. The van der Waals surface area contributed by atoms with Crippen LogP contribution in [0.25, 0.3) is 0 Å². The van der Waals surface area contributed by atoms with Crippen molar-refractivity contribution in [2.75, 3.05) is 5.32 Å². The van der Waals surface area contributed by atoms with E-state index in [0.717, 1.165) is 17.8 Å². The van der Waals surface area contributed by atoms with Crippen molar-refractivity contribution in [3.8, 4) is 5.75 Å². The van der Waals surface area contributed by atoms with Gasteiger partial charge in [0.25, 0.3) is 0 Å². The third-order valence-corrected chi connectivity index (χ3v) is 4.09. The smallest absolute Gasteiger partial charge is 0.406 e. The molecule has 0 aliphatic carbocycles. The maximum Gasteiger partial charge on any atom is 0.573 e. The zero-order chi connectivity index (χ0) is 18.8. The molecule has 9 heteroatoms. The Labute approximate surface area is 147 Å². The number of nitrogens with zero attached hydrogens (tertiary/aromatic N) is 2. The van der Waals surface area contributed by atoms with Gasteiger partial charge in [-0.05, 0) is 38.1 Å². The molecule has 5 nitrogen and oxygen atoms in total. The Bertz CT molecular complexity index is 757. The summed E-state index contributed by atoms with van der Waals surface area (Å²) in [5.74, 6) is -1.05. The second kappa shape index (κ2) is 7.35. The van der Waals surface area contributed by atoms with Gasteiger partial charge in [0.15, 0.2) is 0 Å². The molecule has 1 aromatic carbocycles. The molecule has 2 rings (SSSR count). The van der Waals surface area contributed by atoms with Crippen LogP contribution in [0.1, 0.15) is 18.3 Å². The first-order valence-corrected chi connectivity index (χ1v) is 7.81. The van der Waals surface area contributed by atoms with Gasteiger partial charge in [0.2, 0.25) is 5.91 Å². The summed E-state index contributed by atoms with van der Waals surface area (Å²) in [4.78, 5) is 12.2. The number of benzene rings is 1. The number of carbonyl (C=O) groups is 1. The van der Waals surface area contributed by atoms with Crippen LogP contribution in [0.3, 0.4) is 0 Å². The maximum absolute atomic E-state index is 12.2. The quantitative estimate of drug-likeness (QED) is 0.846. The Morgan fingerprint density at radius 1 is 1.32 bits per heavy atom. The minimum atomic E-state index is -4.75. The molecule has 2 aromatic rings. The van der Waals surface area contributed by atoms with Crippen molar-refractivity contribution in [2.45, 2.75) is 33.7 Å². The Hall–Kier alpha value is -2.22. The summed E-state index contributed by atoms with van der Waals surface area (Å²) in [7, 11) is 0. The molecule has 0 saturated heterocycles. The van der Waals surface area contributed by atoms with E-state index in [9.17, 15) is 18.0 Å². The first kappa shape index (κ1) is 19.1. The minimum Gasteiger partial charge on any atom is -0.406 e. The maximum atomic E-state index is 12.2. The average Bonchev–Trinajstić information content (AvgIpc) is 2.75. The Kier molecular flexibility index (Phi) is 5.62. The second-order valence-electron chi connectivity index (χ2n) is 5.63. The molecule has 25 heavy (non-hydrogen) atoms. The third kappa shape index (κ3) is 5.12. The summed E-state index contributed by atoms with van der Waals surface area (Å²) in [6, 6.07) is 4.95. The highest BCUT2D eigenvalue weighted by molar-refractivity contribution is 6.31. The molecule has 1 unspecified atom stereocenters. The van der Waals surface area contributed by atoms with Crippen LogP contribution in [0.2, 0.25) is 5.02 Å². The van der Waals surface area contributed by atoms with Gasteiger partial charge in [-0.15, -0.1) is 13.2 Å². The molecule has 136 valence electrons. The van der Waals surface area contributed by atoms with E-state index in [1.165, 1.54) is 12.1 Å². The number of hydrogen-bond donors (Lipinski definition) is 1. The number of rotatable bonds is 5. The van der Waals surface area contributed by atoms with Gasteiger partial charge in [-0.25, -0.2) is 0 Å². The molecule has 0 spiro atoms.